The maximum Gasteiger partial charge on any atom is 0.277 e. The molecule has 0 radical (unpaired) electrons. The molecule has 2 fully saturated rings. The highest BCUT2D eigenvalue weighted by Crippen LogP contribution is 2.30. The van der Waals surface area contributed by atoms with Gasteiger partial charge in [0.1, 0.15) is 11.8 Å². The zero-order valence-corrected chi connectivity index (χ0v) is 11.7. The third-order valence-corrected chi connectivity index (χ3v) is 4.53. The largest absolute Gasteiger partial charge is 0.375 e. The second-order valence-electron chi connectivity index (χ2n) is 5.14. The van der Waals surface area contributed by atoms with E-state index in [4.69, 9.17) is 15.0 Å². The van der Waals surface area contributed by atoms with Gasteiger partial charge in [-0.3, -0.25) is 4.90 Å². The third-order valence-electron chi connectivity index (χ3n) is 3.86. The topological polar surface area (TPSA) is 90.3 Å². The summed E-state index contributed by atoms with van der Waals surface area (Å²) in [5.41, 5.74) is 6.24. The summed E-state index contributed by atoms with van der Waals surface area (Å²) < 4.78 is 11.1. The maximum atomic E-state index is 5.86. The van der Waals surface area contributed by atoms with E-state index in [1.807, 2.05) is 5.38 Å². The zero-order chi connectivity index (χ0) is 13.5. The number of hydrogen-bond acceptors (Lipinski definition) is 8. The number of nitrogens with zero attached hydrogens (tertiary/aromatic N) is 4. The van der Waals surface area contributed by atoms with Gasteiger partial charge in [-0.25, -0.2) is 4.98 Å². The van der Waals surface area contributed by atoms with Gasteiger partial charge in [-0.1, -0.05) is 5.16 Å². The molecule has 2 aromatic heterocycles. The Bertz CT molecular complexity index is 613. The minimum atomic E-state index is -0.113. The van der Waals surface area contributed by atoms with Crippen LogP contribution in [0.15, 0.2) is 9.90 Å². The van der Waals surface area contributed by atoms with Gasteiger partial charge in [0.05, 0.1) is 6.61 Å². The smallest absolute Gasteiger partial charge is 0.277 e. The van der Waals surface area contributed by atoms with E-state index < -0.39 is 0 Å². The molecule has 2 aliphatic heterocycles. The van der Waals surface area contributed by atoms with Crippen molar-refractivity contribution < 1.29 is 9.26 Å². The second kappa shape index (κ2) is 4.80. The van der Waals surface area contributed by atoms with Crippen molar-refractivity contribution >= 4 is 16.5 Å². The van der Waals surface area contributed by atoms with Gasteiger partial charge in [0.15, 0.2) is 5.13 Å². The summed E-state index contributed by atoms with van der Waals surface area (Å²) in [5, 5.41) is 6.33. The number of nitrogens with two attached hydrogens (primary N) is 1. The van der Waals surface area contributed by atoms with E-state index in [0.717, 1.165) is 19.7 Å². The van der Waals surface area contributed by atoms with Crippen LogP contribution in [-0.2, 0) is 4.74 Å². The van der Waals surface area contributed by atoms with Crippen molar-refractivity contribution in [1.82, 2.24) is 20.0 Å². The summed E-state index contributed by atoms with van der Waals surface area (Å²) >= 11 is 1.36. The Morgan fingerprint density at radius 3 is 3.20 bits per heavy atom. The van der Waals surface area contributed by atoms with Crippen LogP contribution in [0.1, 0.15) is 24.8 Å². The van der Waals surface area contributed by atoms with E-state index in [1.54, 1.807) is 0 Å². The number of anilines is 1. The van der Waals surface area contributed by atoms with Gasteiger partial charge in [-0.2, -0.15) is 4.98 Å². The number of hydrogen-bond donors (Lipinski definition) is 1. The van der Waals surface area contributed by atoms with Crippen molar-refractivity contribution in [3.8, 4) is 11.6 Å². The first-order valence-corrected chi connectivity index (χ1v) is 7.58. The van der Waals surface area contributed by atoms with Crippen molar-refractivity contribution in [2.24, 2.45) is 0 Å². The van der Waals surface area contributed by atoms with Crippen molar-refractivity contribution in [2.75, 3.05) is 25.4 Å². The van der Waals surface area contributed by atoms with Gasteiger partial charge in [0.25, 0.3) is 5.89 Å². The van der Waals surface area contributed by atoms with Gasteiger partial charge in [-0.15, -0.1) is 11.3 Å². The molecule has 20 heavy (non-hydrogen) atoms. The Labute approximate surface area is 119 Å². The van der Waals surface area contributed by atoms with E-state index in [1.165, 1.54) is 24.2 Å². The van der Waals surface area contributed by atoms with E-state index in [-0.39, 0.29) is 6.10 Å². The molecule has 2 aliphatic rings. The summed E-state index contributed by atoms with van der Waals surface area (Å²) in [4.78, 5) is 11.0. The fraction of sp³-hybridized carbons (Fsp3) is 0.583. The van der Waals surface area contributed by atoms with Crippen LogP contribution in [0.5, 0.6) is 0 Å². The van der Waals surface area contributed by atoms with Gasteiger partial charge >= 0.3 is 0 Å². The maximum absolute atomic E-state index is 5.86. The molecule has 0 saturated carbocycles. The molecule has 2 saturated heterocycles. The normalized spacial score (nSPS) is 26.8. The number of aromatic nitrogens is 3. The van der Waals surface area contributed by atoms with Crippen LogP contribution in [0.2, 0.25) is 0 Å². The zero-order valence-electron chi connectivity index (χ0n) is 10.9. The SMILES string of the molecule is Nc1nc(-c2nc(C3CN4CCCC4CO3)no2)cs1. The highest BCUT2D eigenvalue weighted by atomic mass is 32.1. The lowest BCUT2D eigenvalue weighted by Crippen LogP contribution is -2.42. The average Bonchev–Trinajstić information content (AvgIpc) is 3.17. The summed E-state index contributed by atoms with van der Waals surface area (Å²) in [5.74, 6) is 0.997. The number of fused-ring (bicyclic) bond motifs is 1. The van der Waals surface area contributed by atoms with Crippen molar-refractivity contribution in [3.05, 3.63) is 11.2 Å². The minimum absolute atomic E-state index is 0.113. The molecule has 0 amide bonds. The monoisotopic (exact) mass is 293 g/mol. The van der Waals surface area contributed by atoms with Crippen molar-refractivity contribution in [1.29, 1.82) is 0 Å². The number of ether oxygens (including phenoxy) is 1. The van der Waals surface area contributed by atoms with Crippen LogP contribution in [0.25, 0.3) is 11.6 Å². The lowest BCUT2D eigenvalue weighted by molar-refractivity contribution is -0.0548. The second-order valence-corrected chi connectivity index (χ2v) is 6.03. The van der Waals surface area contributed by atoms with Crippen molar-refractivity contribution in [3.63, 3.8) is 0 Å². The molecule has 2 atom stereocenters. The Kier molecular flexibility index (Phi) is 2.94. The standard InChI is InChI=1S/C12H15N5O2S/c13-12-14-8(6-20-12)11-15-10(16-19-11)9-4-17-3-1-2-7(17)5-18-9/h6-7,9H,1-5H2,(H2,13,14). The molecule has 0 aliphatic carbocycles. The van der Waals surface area contributed by atoms with Crippen LogP contribution in [0, 0.1) is 0 Å². The highest BCUT2D eigenvalue weighted by Gasteiger charge is 2.35. The van der Waals surface area contributed by atoms with Crippen LogP contribution >= 0.6 is 11.3 Å². The minimum Gasteiger partial charge on any atom is -0.375 e. The first-order valence-electron chi connectivity index (χ1n) is 6.70. The van der Waals surface area contributed by atoms with E-state index in [2.05, 4.69) is 20.0 Å². The summed E-state index contributed by atoms with van der Waals surface area (Å²) in [6.07, 6.45) is 2.36. The lowest BCUT2D eigenvalue weighted by atomic mass is 10.2. The Morgan fingerprint density at radius 2 is 2.35 bits per heavy atom. The molecule has 0 aromatic carbocycles. The number of nitrogen functional groups attached to an aromatic ring is 1. The predicted molar refractivity (Wildman–Crippen MR) is 73.1 cm³/mol. The molecule has 4 rings (SSSR count). The molecule has 2 N–H and O–H groups in total. The first-order chi connectivity index (χ1) is 9.79. The van der Waals surface area contributed by atoms with E-state index in [9.17, 15) is 0 Å². The molecule has 106 valence electrons. The summed E-state index contributed by atoms with van der Waals surface area (Å²) in [7, 11) is 0. The fourth-order valence-electron chi connectivity index (χ4n) is 2.83. The summed E-state index contributed by atoms with van der Waals surface area (Å²) in [6, 6.07) is 0.566. The molecule has 2 unspecified atom stereocenters. The number of rotatable bonds is 2. The first kappa shape index (κ1) is 12.2. The lowest BCUT2D eigenvalue weighted by Gasteiger charge is -2.33. The van der Waals surface area contributed by atoms with Gasteiger partial charge < -0.3 is 15.0 Å². The molecule has 0 spiro atoms. The van der Waals surface area contributed by atoms with Crippen LogP contribution in [0.4, 0.5) is 5.13 Å². The van der Waals surface area contributed by atoms with Crippen molar-refractivity contribution in [2.45, 2.75) is 25.0 Å². The number of morpholine rings is 1. The predicted octanol–water partition coefficient (Wildman–Crippen LogP) is 1.31. The summed E-state index contributed by atoms with van der Waals surface area (Å²) in [6.45, 7) is 2.72. The van der Waals surface area contributed by atoms with Gasteiger partial charge in [0.2, 0.25) is 5.82 Å². The molecular weight excluding hydrogens is 278 g/mol. The fourth-order valence-corrected chi connectivity index (χ4v) is 3.37. The average molecular weight is 293 g/mol. The van der Waals surface area contributed by atoms with Gasteiger partial charge in [-0.05, 0) is 19.4 Å². The molecule has 4 heterocycles. The van der Waals surface area contributed by atoms with Crippen LogP contribution in [0.3, 0.4) is 0 Å². The van der Waals surface area contributed by atoms with E-state index in [0.29, 0.717) is 28.6 Å². The molecule has 2 aromatic rings. The Balaban J connectivity index is 1.53. The highest BCUT2D eigenvalue weighted by molar-refractivity contribution is 7.13. The molecule has 7 nitrogen and oxygen atoms in total. The molecule has 8 heteroatoms. The van der Waals surface area contributed by atoms with E-state index >= 15 is 0 Å². The third kappa shape index (κ3) is 2.09. The quantitative estimate of drug-likeness (QED) is 0.892. The number of thiazole rings is 1. The molecular formula is C12H15N5O2S. The van der Waals surface area contributed by atoms with Gasteiger partial charge in [0, 0.05) is 18.0 Å². The Hall–Kier alpha value is -1.51. The van der Waals surface area contributed by atoms with Crippen LogP contribution < -0.4 is 5.73 Å². The molecule has 0 bridgehead atoms. The van der Waals surface area contributed by atoms with Crippen LogP contribution in [-0.4, -0.2) is 45.8 Å². The Morgan fingerprint density at radius 1 is 1.40 bits per heavy atom.